The summed E-state index contributed by atoms with van der Waals surface area (Å²) in [7, 11) is 1.68. The minimum atomic E-state index is 0.0184. The lowest BCUT2D eigenvalue weighted by Crippen LogP contribution is -3.15. The van der Waals surface area contributed by atoms with Gasteiger partial charge in [-0.15, -0.1) is 0 Å². The number of hydrogen-bond acceptors (Lipinski definition) is 4. The molecule has 4 rings (SSSR count). The molecule has 7 nitrogen and oxygen atoms in total. The van der Waals surface area contributed by atoms with Gasteiger partial charge in [-0.25, -0.2) is 0 Å². The molecule has 0 radical (unpaired) electrons. The van der Waals surface area contributed by atoms with Gasteiger partial charge in [0.15, 0.2) is 6.54 Å². The van der Waals surface area contributed by atoms with Crippen molar-refractivity contribution in [3.63, 3.8) is 0 Å². The van der Waals surface area contributed by atoms with Crippen molar-refractivity contribution in [1.82, 2.24) is 0 Å². The number of nitrogens with zero attached hydrogens (tertiary/aromatic N) is 2. The van der Waals surface area contributed by atoms with Gasteiger partial charge in [0, 0.05) is 36.1 Å². The summed E-state index contributed by atoms with van der Waals surface area (Å²) in [6, 6.07) is 15.6. The minimum absolute atomic E-state index is 0.0184. The number of benzene rings is 2. The van der Waals surface area contributed by atoms with Gasteiger partial charge in [-0.2, -0.15) is 0 Å². The summed E-state index contributed by atoms with van der Waals surface area (Å²) in [5, 5.41) is 2.98. The van der Waals surface area contributed by atoms with Crippen LogP contribution in [0, 0.1) is 0 Å². The number of nitrogens with one attached hydrogen (secondary N) is 2. The predicted octanol–water partition coefficient (Wildman–Crippen LogP) is 1.17. The second-order valence-electron chi connectivity index (χ2n) is 7.86. The number of hydrogen-bond donors (Lipinski definition) is 2. The van der Waals surface area contributed by atoms with Crippen molar-refractivity contribution in [2.75, 3.05) is 61.5 Å². The second-order valence-corrected chi connectivity index (χ2v) is 7.86. The highest BCUT2D eigenvalue weighted by molar-refractivity contribution is 5.96. The maximum Gasteiger partial charge on any atom is 0.279 e. The Morgan fingerprint density at radius 2 is 1.83 bits per heavy atom. The van der Waals surface area contributed by atoms with Gasteiger partial charge < -0.3 is 24.8 Å². The molecule has 0 atom stereocenters. The number of amides is 2. The molecule has 2 N–H and O–H groups in total. The molecule has 0 saturated carbocycles. The fraction of sp³-hybridized carbons (Fsp3) is 0.391. The standard InChI is InChI=1S/C23H28N4O3/c1-30-21-5-2-4-20(16-21)26-14-12-25(13-15-26)17-22(28)24-18-7-9-19(10-8-18)27-11-3-6-23(27)29/h2,4-5,7-10,16H,3,6,11-15,17H2,1H3,(H,24,28)/p+1. The number of rotatable bonds is 6. The molecule has 2 aliphatic heterocycles. The zero-order valence-electron chi connectivity index (χ0n) is 17.4. The van der Waals surface area contributed by atoms with Crippen molar-refractivity contribution >= 4 is 28.9 Å². The Balaban J connectivity index is 1.25. The van der Waals surface area contributed by atoms with E-state index >= 15 is 0 Å². The average Bonchev–Trinajstić information content (AvgIpc) is 3.20. The largest absolute Gasteiger partial charge is 0.497 e. The number of carbonyl (C=O) groups excluding carboxylic acids is 2. The first-order valence-electron chi connectivity index (χ1n) is 10.6. The summed E-state index contributed by atoms with van der Waals surface area (Å²) in [5.74, 6) is 1.05. The van der Waals surface area contributed by atoms with E-state index in [1.165, 1.54) is 4.90 Å². The van der Waals surface area contributed by atoms with E-state index in [-0.39, 0.29) is 11.8 Å². The normalized spacial score (nSPS) is 17.3. The molecule has 2 aliphatic rings. The Bertz CT molecular complexity index is 892. The van der Waals surface area contributed by atoms with Gasteiger partial charge in [0.05, 0.1) is 33.3 Å². The van der Waals surface area contributed by atoms with Crippen LogP contribution in [0.4, 0.5) is 17.1 Å². The zero-order chi connectivity index (χ0) is 20.9. The SMILES string of the molecule is COc1cccc(N2CC[NH+](CC(=O)Nc3ccc(N4CCCC4=O)cc3)CC2)c1. The maximum atomic E-state index is 12.5. The molecule has 0 bridgehead atoms. The van der Waals surface area contributed by atoms with Crippen molar-refractivity contribution in [2.45, 2.75) is 12.8 Å². The Kier molecular flexibility index (Phi) is 6.18. The molecule has 0 aliphatic carbocycles. The van der Waals surface area contributed by atoms with Crippen LogP contribution in [0.5, 0.6) is 5.75 Å². The third-order valence-corrected chi connectivity index (χ3v) is 5.84. The summed E-state index contributed by atoms with van der Waals surface area (Å²) in [5.41, 5.74) is 2.83. The van der Waals surface area contributed by atoms with E-state index in [4.69, 9.17) is 4.74 Å². The maximum absolute atomic E-state index is 12.5. The third kappa shape index (κ3) is 4.74. The Labute approximate surface area is 177 Å². The molecule has 2 fully saturated rings. The molecule has 2 amide bonds. The summed E-state index contributed by atoms with van der Waals surface area (Å²) in [4.78, 5) is 29.8. The van der Waals surface area contributed by atoms with E-state index in [9.17, 15) is 9.59 Å². The number of methoxy groups -OCH3 is 1. The van der Waals surface area contributed by atoms with Crippen LogP contribution in [-0.4, -0.2) is 58.2 Å². The van der Waals surface area contributed by atoms with Crippen LogP contribution in [0.2, 0.25) is 0 Å². The van der Waals surface area contributed by atoms with Gasteiger partial charge in [0.1, 0.15) is 5.75 Å². The molecule has 2 heterocycles. The monoisotopic (exact) mass is 409 g/mol. The van der Waals surface area contributed by atoms with Crippen LogP contribution in [0.15, 0.2) is 48.5 Å². The number of piperazine rings is 1. The lowest BCUT2D eigenvalue weighted by molar-refractivity contribution is -0.892. The van der Waals surface area contributed by atoms with Gasteiger partial charge >= 0.3 is 0 Å². The van der Waals surface area contributed by atoms with E-state index < -0.39 is 0 Å². The number of anilines is 3. The summed E-state index contributed by atoms with van der Waals surface area (Å²) in [6.07, 6.45) is 1.53. The molecule has 0 spiro atoms. The lowest BCUT2D eigenvalue weighted by Gasteiger charge is -2.33. The summed E-state index contributed by atoms with van der Waals surface area (Å²) in [6.45, 7) is 4.89. The van der Waals surface area contributed by atoms with Crippen molar-refractivity contribution in [3.05, 3.63) is 48.5 Å². The van der Waals surface area contributed by atoms with Gasteiger partial charge in [-0.05, 0) is 42.8 Å². The summed E-state index contributed by atoms with van der Waals surface area (Å²) < 4.78 is 5.31. The topological polar surface area (TPSA) is 66.3 Å². The zero-order valence-corrected chi connectivity index (χ0v) is 17.4. The van der Waals surface area contributed by atoms with Crippen molar-refractivity contribution in [1.29, 1.82) is 0 Å². The van der Waals surface area contributed by atoms with Crippen LogP contribution in [0.1, 0.15) is 12.8 Å². The van der Waals surface area contributed by atoms with Gasteiger partial charge in [0.2, 0.25) is 5.91 Å². The van der Waals surface area contributed by atoms with E-state index in [1.807, 2.05) is 36.4 Å². The van der Waals surface area contributed by atoms with Crippen LogP contribution in [0.3, 0.4) is 0 Å². The Morgan fingerprint density at radius 1 is 1.07 bits per heavy atom. The first-order valence-corrected chi connectivity index (χ1v) is 10.6. The molecule has 158 valence electrons. The predicted molar refractivity (Wildman–Crippen MR) is 117 cm³/mol. The molecule has 2 aromatic carbocycles. The average molecular weight is 410 g/mol. The number of carbonyl (C=O) groups is 2. The molecule has 30 heavy (non-hydrogen) atoms. The van der Waals surface area contributed by atoms with E-state index in [1.54, 1.807) is 12.0 Å². The second kappa shape index (κ2) is 9.17. The molecular formula is C23H29N4O3+. The number of quaternary nitrogens is 1. The van der Waals surface area contributed by atoms with E-state index in [2.05, 4.69) is 22.3 Å². The highest BCUT2D eigenvalue weighted by Crippen LogP contribution is 2.23. The number of ether oxygens (including phenoxy) is 1. The van der Waals surface area contributed by atoms with Crippen molar-refractivity contribution in [2.24, 2.45) is 0 Å². The smallest absolute Gasteiger partial charge is 0.279 e. The highest BCUT2D eigenvalue weighted by atomic mass is 16.5. The fourth-order valence-electron chi connectivity index (χ4n) is 4.14. The fourth-order valence-corrected chi connectivity index (χ4v) is 4.14. The molecule has 7 heteroatoms. The Hall–Kier alpha value is -3.06. The Morgan fingerprint density at radius 3 is 2.50 bits per heavy atom. The summed E-state index contributed by atoms with van der Waals surface area (Å²) >= 11 is 0. The first-order chi connectivity index (χ1) is 14.6. The quantitative estimate of drug-likeness (QED) is 0.752. The van der Waals surface area contributed by atoms with E-state index in [0.29, 0.717) is 13.0 Å². The third-order valence-electron chi connectivity index (χ3n) is 5.84. The van der Waals surface area contributed by atoms with Crippen molar-refractivity contribution in [3.8, 4) is 5.75 Å². The molecule has 0 unspecified atom stereocenters. The van der Waals surface area contributed by atoms with Crippen LogP contribution >= 0.6 is 0 Å². The molecule has 0 aromatic heterocycles. The van der Waals surface area contributed by atoms with Crippen LogP contribution in [-0.2, 0) is 9.59 Å². The van der Waals surface area contributed by atoms with Crippen LogP contribution < -0.4 is 24.8 Å². The van der Waals surface area contributed by atoms with Gasteiger partial charge in [-0.3, -0.25) is 9.59 Å². The van der Waals surface area contributed by atoms with Crippen molar-refractivity contribution < 1.29 is 19.2 Å². The van der Waals surface area contributed by atoms with Gasteiger partial charge in [-0.1, -0.05) is 6.07 Å². The molecule has 2 aromatic rings. The minimum Gasteiger partial charge on any atom is -0.497 e. The molecule has 2 saturated heterocycles. The molecular weight excluding hydrogens is 380 g/mol. The highest BCUT2D eigenvalue weighted by Gasteiger charge is 2.23. The first kappa shape index (κ1) is 20.2. The van der Waals surface area contributed by atoms with Crippen LogP contribution in [0.25, 0.3) is 0 Å². The van der Waals surface area contributed by atoms with E-state index in [0.717, 1.165) is 62.0 Å². The van der Waals surface area contributed by atoms with Gasteiger partial charge in [0.25, 0.3) is 5.91 Å². The lowest BCUT2D eigenvalue weighted by atomic mass is 10.2.